The van der Waals surface area contributed by atoms with Crippen molar-refractivity contribution in [3.8, 4) is 0 Å². The van der Waals surface area contributed by atoms with E-state index < -0.39 is 23.7 Å². The Morgan fingerprint density at radius 1 is 1.23 bits per heavy atom. The molecule has 5 nitrogen and oxygen atoms in total. The number of hydrogen-bond donors (Lipinski definition) is 0. The van der Waals surface area contributed by atoms with Crippen LogP contribution in [0.5, 0.6) is 0 Å². The molecule has 1 atom stereocenters. The second-order valence-electron chi connectivity index (χ2n) is 5.96. The van der Waals surface area contributed by atoms with Crippen molar-refractivity contribution in [2.75, 3.05) is 14.2 Å². The number of hydrogen-bond acceptors (Lipinski definition) is 4. The Morgan fingerprint density at radius 2 is 1.77 bits per heavy atom. The third kappa shape index (κ3) is 5.82. The molecule has 22 heavy (non-hydrogen) atoms. The molecule has 122 valence electrons. The zero-order valence-electron chi connectivity index (χ0n) is 13.6. The number of nitrogens with zero attached hydrogens (tertiary/aromatic N) is 1. The topological polar surface area (TPSA) is 55.8 Å². The quantitative estimate of drug-likeness (QED) is 0.556. The van der Waals surface area contributed by atoms with Crippen molar-refractivity contribution < 1.29 is 19.1 Å². The van der Waals surface area contributed by atoms with Crippen LogP contribution in [0.15, 0.2) is 24.3 Å². The van der Waals surface area contributed by atoms with E-state index >= 15 is 0 Å². The van der Waals surface area contributed by atoms with E-state index in [9.17, 15) is 9.59 Å². The summed E-state index contributed by atoms with van der Waals surface area (Å²) in [6.07, 6.45) is -0.173. The van der Waals surface area contributed by atoms with Crippen LogP contribution in [0, 0.1) is 3.57 Å². The molecule has 0 aliphatic carbocycles. The first-order chi connectivity index (χ1) is 10.1. The molecule has 1 amide bonds. The van der Waals surface area contributed by atoms with E-state index in [2.05, 4.69) is 22.6 Å². The molecule has 0 aliphatic heterocycles. The normalized spacial score (nSPS) is 12.5. The Bertz CT molecular complexity index is 522. The van der Waals surface area contributed by atoms with E-state index in [0.29, 0.717) is 6.42 Å². The van der Waals surface area contributed by atoms with Crippen LogP contribution < -0.4 is 0 Å². The van der Waals surface area contributed by atoms with Crippen molar-refractivity contribution in [3.63, 3.8) is 0 Å². The largest absolute Gasteiger partial charge is 0.467 e. The van der Waals surface area contributed by atoms with Gasteiger partial charge >= 0.3 is 12.1 Å². The highest BCUT2D eigenvalue weighted by Gasteiger charge is 2.31. The molecule has 0 fully saturated rings. The summed E-state index contributed by atoms with van der Waals surface area (Å²) in [5.41, 5.74) is 0.334. The third-order valence-corrected chi connectivity index (χ3v) is 3.68. The van der Waals surface area contributed by atoms with Gasteiger partial charge in [0.05, 0.1) is 7.11 Å². The van der Waals surface area contributed by atoms with Gasteiger partial charge in [0.15, 0.2) is 0 Å². The lowest BCUT2D eigenvalue weighted by Crippen LogP contribution is -2.46. The summed E-state index contributed by atoms with van der Waals surface area (Å²) >= 11 is 2.21. The Kier molecular flexibility index (Phi) is 6.65. The fraction of sp³-hybridized carbons (Fsp3) is 0.500. The third-order valence-electron chi connectivity index (χ3n) is 2.96. The maximum Gasteiger partial charge on any atom is 0.410 e. The van der Waals surface area contributed by atoms with Crippen molar-refractivity contribution >= 4 is 34.7 Å². The number of esters is 1. The van der Waals surface area contributed by atoms with E-state index in [1.54, 1.807) is 27.8 Å². The summed E-state index contributed by atoms with van der Waals surface area (Å²) in [4.78, 5) is 25.5. The summed E-state index contributed by atoms with van der Waals surface area (Å²) in [7, 11) is 2.86. The van der Waals surface area contributed by atoms with Crippen LogP contribution in [0.25, 0.3) is 0 Å². The van der Waals surface area contributed by atoms with Gasteiger partial charge in [0.25, 0.3) is 0 Å². The van der Waals surface area contributed by atoms with Crippen LogP contribution in [0.1, 0.15) is 26.3 Å². The molecule has 0 N–H and O–H groups in total. The molecule has 0 spiro atoms. The van der Waals surface area contributed by atoms with Gasteiger partial charge in [0.2, 0.25) is 0 Å². The summed E-state index contributed by atoms with van der Waals surface area (Å²) in [5.74, 6) is -0.466. The molecule has 6 heteroatoms. The highest BCUT2D eigenvalue weighted by Crippen LogP contribution is 2.15. The number of likely N-dealkylation sites (N-methyl/N-ethyl adjacent to an activating group) is 1. The number of carbonyl (C=O) groups is 2. The number of rotatable bonds is 4. The highest BCUT2D eigenvalue weighted by atomic mass is 127. The molecule has 1 aromatic rings. The van der Waals surface area contributed by atoms with Gasteiger partial charge in [-0.1, -0.05) is 12.1 Å². The Morgan fingerprint density at radius 3 is 2.23 bits per heavy atom. The predicted molar refractivity (Wildman–Crippen MR) is 92.7 cm³/mol. The smallest absolute Gasteiger partial charge is 0.410 e. The molecule has 0 heterocycles. The van der Waals surface area contributed by atoms with Crippen molar-refractivity contribution in [1.82, 2.24) is 4.90 Å². The summed E-state index contributed by atoms with van der Waals surface area (Å²) in [5, 5.41) is 0. The molecule has 0 aliphatic rings. The summed E-state index contributed by atoms with van der Waals surface area (Å²) < 4.78 is 11.2. The van der Waals surface area contributed by atoms with Gasteiger partial charge in [-0.3, -0.25) is 4.90 Å². The molecule has 1 aromatic carbocycles. The average Bonchev–Trinajstić information content (AvgIpc) is 2.43. The van der Waals surface area contributed by atoms with Gasteiger partial charge in [-0.15, -0.1) is 0 Å². The first kappa shape index (κ1) is 18.7. The molecule has 1 unspecified atom stereocenters. The van der Waals surface area contributed by atoms with E-state index in [1.165, 1.54) is 12.0 Å². The van der Waals surface area contributed by atoms with E-state index in [-0.39, 0.29) is 0 Å². The first-order valence-corrected chi connectivity index (χ1v) is 8.00. The fourth-order valence-electron chi connectivity index (χ4n) is 1.82. The number of methoxy groups -OCH3 is 1. The molecule has 0 bridgehead atoms. The molecular formula is C16H22INO4. The minimum absolute atomic E-state index is 0.374. The molecule has 0 radical (unpaired) electrons. The molecule has 1 rings (SSSR count). The zero-order chi connectivity index (χ0) is 16.9. The van der Waals surface area contributed by atoms with Crippen molar-refractivity contribution in [3.05, 3.63) is 33.4 Å². The minimum Gasteiger partial charge on any atom is -0.467 e. The van der Waals surface area contributed by atoms with E-state index in [1.807, 2.05) is 24.3 Å². The van der Waals surface area contributed by atoms with E-state index in [4.69, 9.17) is 9.47 Å². The van der Waals surface area contributed by atoms with Crippen molar-refractivity contribution in [2.24, 2.45) is 0 Å². The predicted octanol–water partition coefficient (Wildman–Crippen LogP) is 3.24. The summed E-state index contributed by atoms with van der Waals surface area (Å²) in [6.45, 7) is 5.35. The number of benzene rings is 1. The van der Waals surface area contributed by atoms with Crippen molar-refractivity contribution in [2.45, 2.75) is 38.8 Å². The second-order valence-corrected chi connectivity index (χ2v) is 7.21. The molecular weight excluding hydrogens is 397 g/mol. The van der Waals surface area contributed by atoms with Gasteiger partial charge in [-0.05, 0) is 61.1 Å². The van der Waals surface area contributed by atoms with Gasteiger partial charge in [0.1, 0.15) is 11.6 Å². The molecule has 0 aromatic heterocycles. The minimum atomic E-state index is -0.722. The van der Waals surface area contributed by atoms with Crippen LogP contribution in [0.2, 0.25) is 0 Å². The van der Waals surface area contributed by atoms with Crippen LogP contribution in [-0.2, 0) is 20.7 Å². The Balaban J connectivity index is 2.90. The maximum atomic E-state index is 12.2. The summed E-state index contributed by atoms with van der Waals surface area (Å²) in [6, 6.07) is 7.05. The monoisotopic (exact) mass is 419 g/mol. The Hall–Kier alpha value is -1.31. The fourth-order valence-corrected chi connectivity index (χ4v) is 2.18. The van der Waals surface area contributed by atoms with Crippen LogP contribution >= 0.6 is 22.6 Å². The van der Waals surface area contributed by atoms with Crippen LogP contribution in [-0.4, -0.2) is 42.8 Å². The molecule has 0 saturated carbocycles. The highest BCUT2D eigenvalue weighted by molar-refractivity contribution is 14.1. The SMILES string of the molecule is COC(=O)C(Cc1ccc(I)cc1)N(C)C(=O)OC(C)(C)C. The lowest BCUT2D eigenvalue weighted by Gasteiger charge is -2.29. The van der Waals surface area contributed by atoms with Crippen LogP contribution in [0.3, 0.4) is 0 Å². The lowest BCUT2D eigenvalue weighted by atomic mass is 10.1. The standard InChI is InChI=1S/C16H22INO4/c1-16(2,3)22-15(20)18(4)13(14(19)21-5)10-11-6-8-12(17)9-7-11/h6-9,13H,10H2,1-5H3. The van der Waals surface area contributed by atoms with Gasteiger partial charge in [-0.25, -0.2) is 9.59 Å². The zero-order valence-corrected chi connectivity index (χ0v) is 15.7. The van der Waals surface area contributed by atoms with Gasteiger partial charge < -0.3 is 9.47 Å². The lowest BCUT2D eigenvalue weighted by molar-refractivity contribution is -0.146. The van der Waals surface area contributed by atoms with E-state index in [0.717, 1.165) is 9.13 Å². The number of halogens is 1. The number of amides is 1. The van der Waals surface area contributed by atoms with Gasteiger partial charge in [-0.2, -0.15) is 0 Å². The Labute approximate surface area is 145 Å². The van der Waals surface area contributed by atoms with Crippen molar-refractivity contribution in [1.29, 1.82) is 0 Å². The first-order valence-electron chi connectivity index (χ1n) is 6.92. The maximum absolute atomic E-state index is 12.2. The molecule has 0 saturated heterocycles. The number of ether oxygens (including phenoxy) is 2. The second kappa shape index (κ2) is 7.80. The average molecular weight is 419 g/mol. The van der Waals surface area contributed by atoms with Crippen LogP contribution in [0.4, 0.5) is 4.79 Å². The number of carbonyl (C=O) groups excluding carboxylic acids is 2. The van der Waals surface area contributed by atoms with Gasteiger partial charge in [0, 0.05) is 17.0 Å².